The van der Waals surface area contributed by atoms with E-state index in [1.165, 1.54) is 0 Å². The van der Waals surface area contributed by atoms with E-state index in [0.29, 0.717) is 12.5 Å². The van der Waals surface area contributed by atoms with Crippen molar-refractivity contribution in [3.8, 4) is 0 Å². The van der Waals surface area contributed by atoms with Crippen molar-refractivity contribution in [2.45, 2.75) is 26.7 Å². The third-order valence-electron chi connectivity index (χ3n) is 3.21. The van der Waals surface area contributed by atoms with Gasteiger partial charge in [-0.3, -0.25) is 0 Å². The highest BCUT2D eigenvalue weighted by atomic mass is 31.2. The third kappa shape index (κ3) is 4.07. The fourth-order valence-electron chi connectivity index (χ4n) is 2.08. The van der Waals surface area contributed by atoms with E-state index in [-0.39, 0.29) is 0 Å². The van der Waals surface area contributed by atoms with E-state index in [9.17, 15) is 4.57 Å². The fourth-order valence-corrected chi connectivity index (χ4v) is 4.08. The summed E-state index contributed by atoms with van der Waals surface area (Å²) in [6.45, 7) is 6.58. The first-order valence-corrected chi connectivity index (χ1v) is 8.51. The van der Waals surface area contributed by atoms with Crippen LogP contribution in [0.2, 0.25) is 0 Å². The van der Waals surface area contributed by atoms with Crippen molar-refractivity contribution < 1.29 is 9.09 Å². The zero-order valence-corrected chi connectivity index (χ0v) is 12.6. The SMILES string of the molecule is CC(C)CCN1CCCO[P@]1(=O)Nc1ccccc1. The lowest BCUT2D eigenvalue weighted by atomic mass is 10.1. The standard InChI is InChI=1S/C14H23N2O2P/c1-13(2)9-11-16-10-6-12-18-19(16,17)15-14-7-4-3-5-8-14/h3-5,7-8,13H,6,9-12H2,1-2H3,(H,15,17)/t19-/m1/s1. The summed E-state index contributed by atoms with van der Waals surface area (Å²) in [5, 5.41) is 3.09. The van der Waals surface area contributed by atoms with Crippen molar-refractivity contribution in [2.24, 2.45) is 5.92 Å². The summed E-state index contributed by atoms with van der Waals surface area (Å²) < 4.78 is 20.5. The molecule has 2 rings (SSSR count). The van der Waals surface area contributed by atoms with Crippen LogP contribution in [0.3, 0.4) is 0 Å². The minimum absolute atomic E-state index is 0.565. The first-order chi connectivity index (χ1) is 9.10. The van der Waals surface area contributed by atoms with Crippen LogP contribution >= 0.6 is 7.67 Å². The third-order valence-corrected chi connectivity index (χ3v) is 5.43. The molecule has 0 spiro atoms. The summed E-state index contributed by atoms with van der Waals surface area (Å²) in [5.41, 5.74) is 0.849. The van der Waals surface area contributed by atoms with E-state index in [2.05, 4.69) is 18.9 Å². The van der Waals surface area contributed by atoms with Crippen LogP contribution < -0.4 is 5.09 Å². The normalized spacial score (nSPS) is 24.6. The Morgan fingerprint density at radius 1 is 1.37 bits per heavy atom. The number of rotatable bonds is 5. The molecule has 1 N–H and O–H groups in total. The number of hydrogen-bond acceptors (Lipinski definition) is 2. The predicted octanol–water partition coefficient (Wildman–Crippen LogP) is 3.98. The molecule has 1 aliphatic rings. The van der Waals surface area contributed by atoms with Gasteiger partial charge in [0.25, 0.3) is 0 Å². The first kappa shape index (κ1) is 14.6. The van der Waals surface area contributed by atoms with E-state index < -0.39 is 7.67 Å². The van der Waals surface area contributed by atoms with Gasteiger partial charge < -0.3 is 9.61 Å². The number of anilines is 1. The molecule has 0 amide bonds. The van der Waals surface area contributed by atoms with Gasteiger partial charge in [0.05, 0.1) is 6.61 Å². The van der Waals surface area contributed by atoms with Gasteiger partial charge in [0, 0.05) is 18.8 Å². The molecule has 1 atom stereocenters. The lowest BCUT2D eigenvalue weighted by molar-refractivity contribution is 0.205. The Kier molecular flexibility index (Phi) is 5.03. The highest BCUT2D eigenvalue weighted by Gasteiger charge is 2.34. The monoisotopic (exact) mass is 282 g/mol. The Labute approximate surface area is 115 Å². The molecular formula is C14H23N2O2P. The van der Waals surface area contributed by atoms with Crippen LogP contribution in [0.5, 0.6) is 0 Å². The van der Waals surface area contributed by atoms with Crippen molar-refractivity contribution >= 4 is 13.4 Å². The molecule has 19 heavy (non-hydrogen) atoms. The van der Waals surface area contributed by atoms with Crippen LogP contribution in [-0.2, 0) is 9.09 Å². The molecule has 0 radical (unpaired) electrons. The Morgan fingerprint density at radius 3 is 2.79 bits per heavy atom. The smallest absolute Gasteiger partial charge is 0.303 e. The number of nitrogens with zero attached hydrogens (tertiary/aromatic N) is 1. The largest absolute Gasteiger partial charge is 0.368 e. The molecule has 0 saturated carbocycles. The number of para-hydroxylation sites is 1. The van der Waals surface area contributed by atoms with E-state index in [1.807, 2.05) is 35.0 Å². The summed E-state index contributed by atoms with van der Waals surface area (Å²) in [6, 6.07) is 9.63. The first-order valence-electron chi connectivity index (χ1n) is 6.93. The molecule has 4 nitrogen and oxygen atoms in total. The predicted molar refractivity (Wildman–Crippen MR) is 79.3 cm³/mol. The number of nitrogens with one attached hydrogen (secondary N) is 1. The minimum Gasteiger partial charge on any atom is -0.303 e. The molecule has 1 saturated heterocycles. The highest BCUT2D eigenvalue weighted by Crippen LogP contribution is 2.52. The van der Waals surface area contributed by atoms with Gasteiger partial charge in [-0.25, -0.2) is 9.24 Å². The van der Waals surface area contributed by atoms with Crippen LogP contribution in [0, 0.1) is 5.92 Å². The van der Waals surface area contributed by atoms with Crippen LogP contribution in [-0.4, -0.2) is 24.4 Å². The van der Waals surface area contributed by atoms with Crippen molar-refractivity contribution in [3.05, 3.63) is 30.3 Å². The summed E-state index contributed by atoms with van der Waals surface area (Å²) >= 11 is 0. The van der Waals surface area contributed by atoms with Crippen LogP contribution in [0.15, 0.2) is 30.3 Å². The van der Waals surface area contributed by atoms with Crippen LogP contribution in [0.4, 0.5) is 5.69 Å². The molecule has 0 aliphatic carbocycles. The van der Waals surface area contributed by atoms with E-state index in [1.54, 1.807) is 0 Å². The van der Waals surface area contributed by atoms with Gasteiger partial charge in [0.1, 0.15) is 0 Å². The maximum Gasteiger partial charge on any atom is 0.368 e. The summed E-state index contributed by atoms with van der Waals surface area (Å²) in [7, 11) is -2.92. The Morgan fingerprint density at radius 2 is 2.11 bits per heavy atom. The molecular weight excluding hydrogens is 259 g/mol. The molecule has 106 valence electrons. The Balaban J connectivity index is 2.06. The van der Waals surface area contributed by atoms with Gasteiger partial charge in [0.2, 0.25) is 0 Å². The molecule has 0 bridgehead atoms. The average Bonchev–Trinajstić information content (AvgIpc) is 2.38. The number of hydrogen-bond donors (Lipinski definition) is 1. The summed E-state index contributed by atoms with van der Waals surface area (Å²) in [4.78, 5) is 0. The topological polar surface area (TPSA) is 41.6 Å². The van der Waals surface area contributed by atoms with Gasteiger partial charge in [0.15, 0.2) is 0 Å². The second kappa shape index (κ2) is 6.56. The van der Waals surface area contributed by atoms with Crippen molar-refractivity contribution in [3.63, 3.8) is 0 Å². The van der Waals surface area contributed by atoms with E-state index in [0.717, 1.165) is 31.6 Å². The van der Waals surface area contributed by atoms with E-state index >= 15 is 0 Å². The maximum atomic E-state index is 12.9. The van der Waals surface area contributed by atoms with Gasteiger partial charge >= 0.3 is 7.67 Å². The lowest BCUT2D eigenvalue weighted by Gasteiger charge is -2.35. The second-order valence-corrected chi connectivity index (χ2v) is 7.41. The average molecular weight is 282 g/mol. The number of benzene rings is 1. The Bertz CT molecular complexity index is 436. The fraction of sp³-hybridized carbons (Fsp3) is 0.571. The van der Waals surface area contributed by atoms with Crippen molar-refractivity contribution in [1.82, 2.24) is 4.67 Å². The summed E-state index contributed by atoms with van der Waals surface area (Å²) in [5.74, 6) is 0.604. The molecule has 1 aromatic rings. The van der Waals surface area contributed by atoms with Crippen molar-refractivity contribution in [1.29, 1.82) is 0 Å². The molecule has 1 aromatic carbocycles. The highest BCUT2D eigenvalue weighted by molar-refractivity contribution is 7.58. The zero-order chi connectivity index (χ0) is 13.7. The van der Waals surface area contributed by atoms with Crippen molar-refractivity contribution in [2.75, 3.05) is 24.8 Å². The molecule has 5 heteroatoms. The molecule has 0 aromatic heterocycles. The minimum atomic E-state index is -2.92. The van der Waals surface area contributed by atoms with Crippen LogP contribution in [0.1, 0.15) is 26.7 Å². The summed E-state index contributed by atoms with van der Waals surface area (Å²) in [6.07, 6.45) is 1.97. The van der Waals surface area contributed by atoms with Crippen LogP contribution in [0.25, 0.3) is 0 Å². The zero-order valence-electron chi connectivity index (χ0n) is 11.7. The van der Waals surface area contributed by atoms with Gasteiger partial charge in [-0.05, 0) is 30.9 Å². The molecule has 1 fully saturated rings. The van der Waals surface area contributed by atoms with Gasteiger partial charge in [-0.1, -0.05) is 32.0 Å². The van der Waals surface area contributed by atoms with Gasteiger partial charge in [-0.2, -0.15) is 0 Å². The van der Waals surface area contributed by atoms with E-state index in [4.69, 9.17) is 4.52 Å². The maximum absolute atomic E-state index is 12.9. The lowest BCUT2D eigenvalue weighted by Crippen LogP contribution is -2.32. The second-order valence-electron chi connectivity index (χ2n) is 5.32. The quantitative estimate of drug-likeness (QED) is 0.830. The molecule has 1 heterocycles. The molecule has 0 unspecified atom stereocenters. The van der Waals surface area contributed by atoms with Gasteiger partial charge in [-0.15, -0.1) is 0 Å². The Hall–Kier alpha value is -0.830. The molecule has 1 aliphatic heterocycles.